The summed E-state index contributed by atoms with van der Waals surface area (Å²) >= 11 is 0. The Bertz CT molecular complexity index is 382. The Morgan fingerprint density at radius 2 is 2.05 bits per heavy atom. The lowest BCUT2D eigenvalue weighted by molar-refractivity contribution is -0.00670. The lowest BCUT2D eigenvalue weighted by Crippen LogP contribution is -2.45. The smallest absolute Gasteiger partial charge is 0.297 e. The number of morpholine rings is 1. The van der Waals surface area contributed by atoms with Crippen LogP contribution in [0.4, 0.5) is 6.01 Å². The van der Waals surface area contributed by atoms with E-state index in [0.717, 1.165) is 31.9 Å². The van der Waals surface area contributed by atoms with Crippen molar-refractivity contribution < 1.29 is 9.15 Å². The van der Waals surface area contributed by atoms with E-state index in [1.54, 1.807) is 6.26 Å². The molecular formula is C14H25N3O2. The Kier molecular flexibility index (Phi) is 4.82. The highest BCUT2D eigenvalue weighted by molar-refractivity contribution is 5.28. The molecule has 2 heterocycles. The number of aromatic nitrogens is 1. The summed E-state index contributed by atoms with van der Waals surface area (Å²) in [7, 11) is 0. The maximum atomic E-state index is 5.71. The fourth-order valence-electron chi connectivity index (χ4n) is 2.35. The van der Waals surface area contributed by atoms with E-state index in [1.165, 1.54) is 0 Å². The van der Waals surface area contributed by atoms with Gasteiger partial charge in [0, 0.05) is 19.6 Å². The van der Waals surface area contributed by atoms with Crippen molar-refractivity contribution >= 4 is 6.01 Å². The number of nitrogens with one attached hydrogen (secondary N) is 1. The molecule has 5 nitrogen and oxygen atoms in total. The van der Waals surface area contributed by atoms with Crippen LogP contribution in [0.3, 0.4) is 0 Å². The van der Waals surface area contributed by atoms with E-state index in [2.05, 4.69) is 42.9 Å². The average molecular weight is 267 g/mol. The van der Waals surface area contributed by atoms with Crippen molar-refractivity contribution in [1.82, 2.24) is 10.3 Å². The van der Waals surface area contributed by atoms with Crippen molar-refractivity contribution in [1.29, 1.82) is 0 Å². The molecule has 0 aliphatic carbocycles. The van der Waals surface area contributed by atoms with E-state index in [1.807, 2.05) is 0 Å². The largest absolute Gasteiger partial charge is 0.432 e. The van der Waals surface area contributed by atoms with Gasteiger partial charge in [0.05, 0.1) is 17.9 Å². The predicted octanol–water partition coefficient (Wildman–Crippen LogP) is 2.03. The normalized spacial score (nSPS) is 24.2. The molecule has 1 aromatic rings. The number of nitrogens with zero attached hydrogens (tertiary/aromatic N) is 2. The summed E-state index contributed by atoms with van der Waals surface area (Å²) in [6, 6.07) is 0.711. The summed E-state index contributed by atoms with van der Waals surface area (Å²) in [5.74, 6) is 0.646. The van der Waals surface area contributed by atoms with Crippen molar-refractivity contribution in [2.24, 2.45) is 5.92 Å². The van der Waals surface area contributed by atoms with Crippen molar-refractivity contribution in [3.63, 3.8) is 0 Å². The average Bonchev–Trinajstić information content (AvgIpc) is 2.76. The lowest BCUT2D eigenvalue weighted by Gasteiger charge is -2.34. The monoisotopic (exact) mass is 267 g/mol. The standard InChI is InChI=1S/C14H25N3O2/c1-10(2)5-15-6-13-9-18-14(16-13)17-7-11(3)19-12(4)8-17/h9-12,15H,5-8H2,1-4H3. The van der Waals surface area contributed by atoms with E-state index >= 15 is 0 Å². The van der Waals surface area contributed by atoms with E-state index in [4.69, 9.17) is 9.15 Å². The molecule has 19 heavy (non-hydrogen) atoms. The molecule has 0 radical (unpaired) electrons. The lowest BCUT2D eigenvalue weighted by atomic mass is 10.2. The van der Waals surface area contributed by atoms with Crippen molar-refractivity contribution in [2.75, 3.05) is 24.5 Å². The Morgan fingerprint density at radius 1 is 1.37 bits per heavy atom. The zero-order valence-corrected chi connectivity index (χ0v) is 12.3. The molecule has 0 saturated carbocycles. The summed E-state index contributed by atoms with van der Waals surface area (Å²) < 4.78 is 11.3. The van der Waals surface area contributed by atoms with Gasteiger partial charge in [0.1, 0.15) is 6.26 Å². The third-order valence-corrected chi connectivity index (χ3v) is 3.09. The number of hydrogen-bond acceptors (Lipinski definition) is 5. The number of rotatable bonds is 5. The molecule has 1 N–H and O–H groups in total. The summed E-state index contributed by atoms with van der Waals surface area (Å²) in [5, 5.41) is 3.37. The molecule has 1 aromatic heterocycles. The molecule has 2 unspecified atom stereocenters. The molecular weight excluding hydrogens is 242 g/mol. The number of hydrogen-bond donors (Lipinski definition) is 1. The Hall–Kier alpha value is -1.07. The van der Waals surface area contributed by atoms with Crippen LogP contribution in [0.15, 0.2) is 10.7 Å². The molecule has 1 saturated heterocycles. The quantitative estimate of drug-likeness (QED) is 0.884. The van der Waals surface area contributed by atoms with Crippen LogP contribution >= 0.6 is 0 Å². The first-order valence-electron chi connectivity index (χ1n) is 7.10. The molecule has 0 amide bonds. The van der Waals surface area contributed by atoms with Gasteiger partial charge in [0.15, 0.2) is 0 Å². The number of anilines is 1. The third kappa shape index (κ3) is 4.21. The van der Waals surface area contributed by atoms with Gasteiger partial charge in [-0.1, -0.05) is 13.8 Å². The highest BCUT2D eigenvalue weighted by Crippen LogP contribution is 2.19. The highest BCUT2D eigenvalue weighted by Gasteiger charge is 2.25. The highest BCUT2D eigenvalue weighted by atomic mass is 16.5. The van der Waals surface area contributed by atoms with Crippen molar-refractivity contribution in [3.05, 3.63) is 12.0 Å². The van der Waals surface area contributed by atoms with Gasteiger partial charge in [-0.25, -0.2) is 0 Å². The Balaban J connectivity index is 1.89. The molecule has 1 aliphatic rings. The fourth-order valence-corrected chi connectivity index (χ4v) is 2.35. The Morgan fingerprint density at radius 3 is 2.68 bits per heavy atom. The van der Waals surface area contributed by atoms with Gasteiger partial charge in [-0.3, -0.25) is 0 Å². The van der Waals surface area contributed by atoms with E-state index in [9.17, 15) is 0 Å². The fraction of sp³-hybridized carbons (Fsp3) is 0.786. The van der Waals surface area contributed by atoms with Gasteiger partial charge >= 0.3 is 0 Å². The minimum Gasteiger partial charge on any atom is -0.432 e. The SMILES string of the molecule is CC(C)CNCc1coc(N2CC(C)OC(C)C2)n1. The van der Waals surface area contributed by atoms with Gasteiger partial charge in [0.2, 0.25) is 0 Å². The maximum absolute atomic E-state index is 5.71. The van der Waals surface area contributed by atoms with Crippen LogP contribution in [0.2, 0.25) is 0 Å². The predicted molar refractivity (Wildman–Crippen MR) is 75.3 cm³/mol. The molecule has 2 atom stereocenters. The molecule has 0 aromatic carbocycles. The minimum absolute atomic E-state index is 0.221. The maximum Gasteiger partial charge on any atom is 0.297 e. The van der Waals surface area contributed by atoms with Crippen LogP contribution in [0, 0.1) is 5.92 Å². The van der Waals surface area contributed by atoms with Gasteiger partial charge in [-0.15, -0.1) is 0 Å². The second-order valence-corrected chi connectivity index (χ2v) is 5.81. The van der Waals surface area contributed by atoms with Gasteiger partial charge in [-0.2, -0.15) is 4.98 Å². The zero-order valence-electron chi connectivity index (χ0n) is 12.3. The van der Waals surface area contributed by atoms with Gasteiger partial charge < -0.3 is 19.4 Å². The molecule has 108 valence electrons. The van der Waals surface area contributed by atoms with Crippen molar-refractivity contribution in [2.45, 2.75) is 46.4 Å². The van der Waals surface area contributed by atoms with E-state index in [0.29, 0.717) is 11.9 Å². The first kappa shape index (κ1) is 14.3. The second kappa shape index (κ2) is 6.39. The van der Waals surface area contributed by atoms with Gasteiger partial charge in [-0.05, 0) is 26.3 Å². The van der Waals surface area contributed by atoms with Crippen LogP contribution in [0.5, 0.6) is 0 Å². The third-order valence-electron chi connectivity index (χ3n) is 3.09. The van der Waals surface area contributed by atoms with Crippen molar-refractivity contribution in [3.8, 4) is 0 Å². The molecule has 1 fully saturated rings. The summed E-state index contributed by atoms with van der Waals surface area (Å²) in [6.45, 7) is 12.0. The molecule has 5 heteroatoms. The topological polar surface area (TPSA) is 50.5 Å². The van der Waals surface area contributed by atoms with E-state index in [-0.39, 0.29) is 12.2 Å². The van der Waals surface area contributed by atoms with Crippen LogP contribution in [-0.2, 0) is 11.3 Å². The second-order valence-electron chi connectivity index (χ2n) is 5.81. The molecule has 2 rings (SSSR count). The van der Waals surface area contributed by atoms with Crippen LogP contribution < -0.4 is 10.2 Å². The van der Waals surface area contributed by atoms with E-state index < -0.39 is 0 Å². The molecule has 0 bridgehead atoms. The summed E-state index contributed by atoms with van der Waals surface area (Å²) in [5.41, 5.74) is 0.961. The molecule has 0 spiro atoms. The van der Waals surface area contributed by atoms with Crippen LogP contribution in [-0.4, -0.2) is 36.8 Å². The number of ether oxygens (including phenoxy) is 1. The minimum atomic E-state index is 0.221. The summed E-state index contributed by atoms with van der Waals surface area (Å²) in [6.07, 6.45) is 2.18. The van der Waals surface area contributed by atoms with Gasteiger partial charge in [0.25, 0.3) is 6.01 Å². The molecule has 1 aliphatic heterocycles. The zero-order chi connectivity index (χ0) is 13.8. The Labute approximate surface area is 115 Å². The first-order chi connectivity index (χ1) is 9.04. The summed E-state index contributed by atoms with van der Waals surface area (Å²) in [4.78, 5) is 6.70. The van der Waals surface area contributed by atoms with Crippen LogP contribution in [0.1, 0.15) is 33.4 Å². The first-order valence-corrected chi connectivity index (χ1v) is 7.10. The number of oxazole rings is 1. The van der Waals surface area contributed by atoms with Crippen LogP contribution in [0.25, 0.3) is 0 Å².